The summed E-state index contributed by atoms with van der Waals surface area (Å²) < 4.78 is 0. The van der Waals surface area contributed by atoms with Gasteiger partial charge >= 0.3 is 114 Å². The van der Waals surface area contributed by atoms with Gasteiger partial charge in [-0.15, -0.1) is 0 Å². The number of hydrogen-bond acceptors (Lipinski definition) is 0. The molecular formula is C34H72ClP. The van der Waals surface area contributed by atoms with Crippen LogP contribution < -0.4 is 0 Å². The van der Waals surface area contributed by atoms with E-state index in [0.29, 0.717) is 0 Å². The summed E-state index contributed by atoms with van der Waals surface area (Å²) in [5.41, 5.74) is 0. The predicted octanol–water partition coefficient (Wildman–Crippen LogP) is 13.9. The van der Waals surface area contributed by atoms with Crippen molar-refractivity contribution < 1.29 is 0 Å². The van der Waals surface area contributed by atoms with E-state index in [0.717, 1.165) is 0 Å². The van der Waals surface area contributed by atoms with Gasteiger partial charge in [0.25, 0.3) is 0 Å². The van der Waals surface area contributed by atoms with Crippen molar-refractivity contribution in [2.24, 2.45) is 0 Å². The van der Waals surface area contributed by atoms with E-state index < -0.39 is 5.96 Å². The van der Waals surface area contributed by atoms with E-state index >= 15 is 0 Å². The molecule has 0 fully saturated rings. The predicted molar refractivity (Wildman–Crippen MR) is 175 cm³/mol. The van der Waals surface area contributed by atoms with E-state index in [-0.39, 0.29) is 0 Å². The van der Waals surface area contributed by atoms with Crippen LogP contribution in [0.1, 0.15) is 193 Å². The zero-order valence-electron chi connectivity index (χ0n) is 26.0. The molecule has 0 aliphatic heterocycles. The Labute approximate surface area is 236 Å². The molecule has 0 saturated heterocycles. The monoisotopic (exact) mass is 547 g/mol. The van der Waals surface area contributed by atoms with Crippen LogP contribution in [-0.4, -0.2) is 26.2 Å². The summed E-state index contributed by atoms with van der Waals surface area (Å²) in [4.78, 5) is 0. The van der Waals surface area contributed by atoms with E-state index in [4.69, 9.17) is 11.2 Å². The van der Waals surface area contributed by atoms with Gasteiger partial charge in [-0.25, -0.2) is 0 Å². The van der Waals surface area contributed by atoms with Gasteiger partial charge in [-0.05, 0) is 0 Å². The third kappa shape index (κ3) is 34.7. The molecule has 0 heterocycles. The van der Waals surface area contributed by atoms with Gasteiger partial charge in [-0.1, -0.05) is 122 Å². The van der Waals surface area contributed by atoms with Crippen LogP contribution in [0.4, 0.5) is 0 Å². The molecule has 220 valence electrons. The second-order valence-electron chi connectivity index (χ2n) is 13.5. The van der Waals surface area contributed by atoms with Crippen LogP contribution >= 0.6 is 17.2 Å². The van der Waals surface area contributed by atoms with Crippen molar-refractivity contribution in [1.29, 1.82) is 0 Å². The molecule has 0 aromatic heterocycles. The molecule has 0 N–H and O–H groups in total. The fourth-order valence-corrected chi connectivity index (χ4v) is 7.14. The van der Waals surface area contributed by atoms with E-state index in [1.165, 1.54) is 192 Å². The number of hydrogen-bond donors (Lipinski definition) is 0. The Morgan fingerprint density at radius 2 is 0.472 bits per heavy atom. The van der Waals surface area contributed by atoms with E-state index in [1.54, 1.807) is 0 Å². The third-order valence-electron chi connectivity index (χ3n) is 8.02. The van der Waals surface area contributed by atoms with Gasteiger partial charge in [0.2, 0.25) is 0 Å². The van der Waals surface area contributed by atoms with Crippen molar-refractivity contribution in [2.45, 2.75) is 193 Å². The second-order valence-corrected chi connectivity index (χ2v) is 23.6. The Hall–Kier alpha value is 0.720. The van der Waals surface area contributed by atoms with Crippen LogP contribution in [0.2, 0.25) is 0 Å². The molecule has 0 aromatic rings. The van der Waals surface area contributed by atoms with Gasteiger partial charge in [0.1, 0.15) is 0 Å². The first-order valence-corrected chi connectivity index (χ1v) is 21.7. The van der Waals surface area contributed by atoms with Gasteiger partial charge in [-0.3, -0.25) is 0 Å². The Kier molecular flexibility index (Phi) is 26.5. The summed E-state index contributed by atoms with van der Waals surface area (Å²) in [6.07, 6.45) is 43.7. The minimum atomic E-state index is -1.76. The van der Waals surface area contributed by atoms with E-state index in [2.05, 4.69) is 26.9 Å². The van der Waals surface area contributed by atoms with Crippen LogP contribution in [0, 0.1) is 0 Å². The minimum absolute atomic E-state index is 1.26. The molecule has 0 aromatic carbocycles. The fraction of sp³-hybridized carbons (Fsp3) is 1.00. The first kappa shape index (κ1) is 36.7. The van der Waals surface area contributed by atoms with E-state index in [1.807, 2.05) is 0 Å². The summed E-state index contributed by atoms with van der Waals surface area (Å²) in [5.74, 6) is -1.76. The third-order valence-corrected chi connectivity index (χ3v) is 10.4. The number of rotatable bonds is 30. The number of halogens is 1. The Balaban J connectivity index is 3.07. The van der Waals surface area contributed by atoms with Gasteiger partial charge < -0.3 is 0 Å². The average Bonchev–Trinajstić information content (AvgIpc) is 2.82. The molecule has 0 bridgehead atoms. The summed E-state index contributed by atoms with van der Waals surface area (Å²) >= 11 is 6.63. The summed E-state index contributed by atoms with van der Waals surface area (Å²) in [5, 5.41) is 0. The molecule has 0 aliphatic rings. The Morgan fingerprint density at radius 1 is 0.306 bits per heavy atom. The molecule has 0 atom stereocenters. The molecule has 2 heteroatoms. The van der Waals surface area contributed by atoms with Crippen molar-refractivity contribution in [2.75, 3.05) is 26.2 Å². The summed E-state index contributed by atoms with van der Waals surface area (Å²) in [6, 6.07) is 0. The van der Waals surface area contributed by atoms with Gasteiger partial charge in [0.05, 0.1) is 0 Å². The quantitative estimate of drug-likeness (QED) is 0.0620. The zero-order valence-corrected chi connectivity index (χ0v) is 27.7. The van der Waals surface area contributed by atoms with Crippen molar-refractivity contribution in [3.63, 3.8) is 0 Å². The Morgan fingerprint density at radius 3 is 0.639 bits per heavy atom. The molecule has 0 nitrogen and oxygen atoms in total. The standard InChI is InChI=1S/C34H72ClP/c1-5-6-7-8-9-10-11-12-13-14-15-16-17-18-19-20-21-22-23-24-25-26-27-28-29-30-31-32-33-34-36(2,3,4)35/h5-34H2,1-4H3. The molecule has 0 unspecified atom stereocenters. The topological polar surface area (TPSA) is 0 Å². The maximum atomic E-state index is 6.63. The molecule has 0 amide bonds. The molecule has 36 heavy (non-hydrogen) atoms. The van der Waals surface area contributed by atoms with Crippen molar-refractivity contribution in [3.8, 4) is 0 Å². The molecule has 0 rings (SSSR count). The summed E-state index contributed by atoms with van der Waals surface area (Å²) in [6.45, 7) is 9.17. The molecule has 0 radical (unpaired) electrons. The van der Waals surface area contributed by atoms with Gasteiger partial charge in [0, 0.05) is 0 Å². The van der Waals surface area contributed by atoms with Crippen LogP contribution in [0.5, 0.6) is 0 Å². The summed E-state index contributed by atoms with van der Waals surface area (Å²) in [7, 11) is 0. The van der Waals surface area contributed by atoms with Gasteiger partial charge in [-0.2, -0.15) is 0 Å². The van der Waals surface area contributed by atoms with Crippen LogP contribution in [0.25, 0.3) is 0 Å². The maximum absolute atomic E-state index is 6.63. The van der Waals surface area contributed by atoms with Gasteiger partial charge in [0.15, 0.2) is 0 Å². The van der Waals surface area contributed by atoms with E-state index in [9.17, 15) is 0 Å². The van der Waals surface area contributed by atoms with Crippen molar-refractivity contribution >= 4 is 17.2 Å². The SMILES string of the molecule is CCCCCCCCCCCCCCCCCCCCCCCCCCCCCCCP(C)(C)(C)Cl. The molecule has 0 saturated carbocycles. The molecular weight excluding hydrogens is 475 g/mol. The first-order chi connectivity index (χ1) is 17.3. The average molecular weight is 547 g/mol. The molecule has 0 spiro atoms. The zero-order chi connectivity index (χ0) is 26.7. The fourth-order valence-electron chi connectivity index (χ4n) is 5.49. The van der Waals surface area contributed by atoms with Crippen molar-refractivity contribution in [3.05, 3.63) is 0 Å². The normalized spacial score (nSPS) is 13.2. The second kappa shape index (κ2) is 26.0. The first-order valence-electron chi connectivity index (χ1n) is 17.0. The number of unbranched alkanes of at least 4 members (excludes halogenated alkanes) is 28. The van der Waals surface area contributed by atoms with Crippen LogP contribution in [-0.2, 0) is 0 Å². The van der Waals surface area contributed by atoms with Crippen molar-refractivity contribution in [1.82, 2.24) is 0 Å². The van der Waals surface area contributed by atoms with Crippen LogP contribution in [0.3, 0.4) is 0 Å². The Bertz CT molecular complexity index is 415. The van der Waals surface area contributed by atoms with Crippen LogP contribution in [0.15, 0.2) is 0 Å². The molecule has 0 aliphatic carbocycles.